The van der Waals surface area contributed by atoms with Crippen molar-refractivity contribution in [2.24, 2.45) is 0 Å². The van der Waals surface area contributed by atoms with Crippen molar-refractivity contribution in [1.82, 2.24) is 15.3 Å². The molecule has 6 nitrogen and oxygen atoms in total. The quantitative estimate of drug-likeness (QED) is 0.672. The maximum absolute atomic E-state index is 9.62. The van der Waals surface area contributed by atoms with Gasteiger partial charge in [0, 0.05) is 37.8 Å². The average molecular weight is 405 g/mol. The number of thiophene rings is 1. The Balaban J connectivity index is 1.40. The monoisotopic (exact) mass is 404 g/mol. The number of pyridine rings is 2. The van der Waals surface area contributed by atoms with Crippen molar-refractivity contribution in [2.75, 3.05) is 36.4 Å². The first-order chi connectivity index (χ1) is 14.3. The summed E-state index contributed by atoms with van der Waals surface area (Å²) in [6.45, 7) is 4.04. The van der Waals surface area contributed by atoms with Gasteiger partial charge in [0.05, 0.1) is 16.6 Å². The zero-order valence-corrected chi connectivity index (χ0v) is 17.1. The molecule has 1 aliphatic carbocycles. The Kier molecular flexibility index (Phi) is 5.04. The van der Waals surface area contributed by atoms with Crippen molar-refractivity contribution >= 4 is 38.7 Å². The molecule has 0 amide bonds. The van der Waals surface area contributed by atoms with E-state index in [9.17, 15) is 5.26 Å². The summed E-state index contributed by atoms with van der Waals surface area (Å²) in [5.74, 6) is 2.07. The zero-order valence-electron chi connectivity index (χ0n) is 16.3. The van der Waals surface area contributed by atoms with Gasteiger partial charge in [0.1, 0.15) is 22.6 Å². The molecule has 2 N–H and O–H groups in total. The molecule has 7 heteroatoms. The van der Waals surface area contributed by atoms with Gasteiger partial charge >= 0.3 is 0 Å². The van der Waals surface area contributed by atoms with Gasteiger partial charge in [-0.3, -0.25) is 0 Å². The largest absolute Gasteiger partial charge is 0.368 e. The third kappa shape index (κ3) is 3.66. The van der Waals surface area contributed by atoms with Crippen LogP contribution in [0.2, 0.25) is 0 Å². The molecule has 0 bridgehead atoms. The molecule has 5 rings (SSSR count). The van der Waals surface area contributed by atoms with E-state index in [1.165, 1.54) is 36.6 Å². The average Bonchev–Trinajstić information content (AvgIpc) is 3.42. The fourth-order valence-electron chi connectivity index (χ4n) is 4.49. The summed E-state index contributed by atoms with van der Waals surface area (Å²) >= 11 is 1.57. The van der Waals surface area contributed by atoms with Gasteiger partial charge in [0.2, 0.25) is 0 Å². The van der Waals surface area contributed by atoms with E-state index < -0.39 is 0 Å². The van der Waals surface area contributed by atoms with Crippen LogP contribution >= 0.6 is 11.3 Å². The van der Waals surface area contributed by atoms with E-state index in [4.69, 9.17) is 0 Å². The highest BCUT2D eigenvalue weighted by Crippen LogP contribution is 2.43. The predicted octanol–water partition coefficient (Wildman–Crippen LogP) is 4.37. The molecule has 0 aromatic carbocycles. The molecule has 0 unspecified atom stereocenters. The normalized spacial score (nSPS) is 17.6. The number of anilines is 3. The van der Waals surface area contributed by atoms with Crippen molar-refractivity contribution in [3.63, 3.8) is 0 Å². The standard InChI is InChI=1S/C22H24N6S/c23-12-18-22(15-3-1-2-4-15)17-11-21(26-14-19(17)29-18)27-20-6-5-16(13-25-20)28-9-7-24-8-10-28/h5-6,11,13-15,24H,1-4,7-10H2,(H,25,26,27). The van der Waals surface area contributed by atoms with Gasteiger partial charge in [0.25, 0.3) is 0 Å². The molecule has 2 aliphatic rings. The minimum absolute atomic E-state index is 0.505. The molecule has 4 heterocycles. The smallest absolute Gasteiger partial charge is 0.132 e. The second kappa shape index (κ2) is 7.97. The molecule has 1 saturated heterocycles. The first-order valence-corrected chi connectivity index (χ1v) is 11.1. The van der Waals surface area contributed by atoms with E-state index in [-0.39, 0.29) is 0 Å². The van der Waals surface area contributed by atoms with Crippen LogP contribution < -0.4 is 15.5 Å². The van der Waals surface area contributed by atoms with Crippen LogP contribution in [0.15, 0.2) is 30.6 Å². The Morgan fingerprint density at radius 1 is 1.10 bits per heavy atom. The number of piperazine rings is 1. The van der Waals surface area contributed by atoms with Crippen LogP contribution in [0.5, 0.6) is 0 Å². The minimum Gasteiger partial charge on any atom is -0.368 e. The third-order valence-corrected chi connectivity index (χ3v) is 7.03. The molecular formula is C22H24N6S. The van der Waals surface area contributed by atoms with Crippen molar-refractivity contribution in [1.29, 1.82) is 5.26 Å². The molecule has 1 aliphatic heterocycles. The van der Waals surface area contributed by atoms with E-state index in [1.807, 2.05) is 18.5 Å². The fraction of sp³-hybridized carbons (Fsp3) is 0.409. The molecule has 0 atom stereocenters. The highest BCUT2D eigenvalue weighted by molar-refractivity contribution is 7.19. The van der Waals surface area contributed by atoms with Gasteiger partial charge in [-0.05, 0) is 42.5 Å². The molecule has 0 spiro atoms. The number of rotatable bonds is 4. The van der Waals surface area contributed by atoms with Crippen LogP contribution in [0.25, 0.3) is 10.1 Å². The SMILES string of the molecule is N#Cc1sc2cnc(Nc3ccc(N4CCNCC4)cn3)cc2c1C1CCCC1. The second-order valence-electron chi connectivity index (χ2n) is 7.77. The van der Waals surface area contributed by atoms with E-state index >= 15 is 0 Å². The predicted molar refractivity (Wildman–Crippen MR) is 118 cm³/mol. The summed E-state index contributed by atoms with van der Waals surface area (Å²) in [6.07, 6.45) is 8.69. The number of fused-ring (bicyclic) bond motifs is 1. The van der Waals surface area contributed by atoms with Crippen LogP contribution in [0.4, 0.5) is 17.3 Å². The molecule has 148 valence electrons. The summed E-state index contributed by atoms with van der Waals surface area (Å²) < 4.78 is 1.09. The Morgan fingerprint density at radius 2 is 1.90 bits per heavy atom. The summed E-state index contributed by atoms with van der Waals surface area (Å²) in [4.78, 5) is 12.3. The first kappa shape index (κ1) is 18.3. The summed E-state index contributed by atoms with van der Waals surface area (Å²) in [7, 11) is 0. The highest BCUT2D eigenvalue weighted by atomic mass is 32.1. The fourth-order valence-corrected chi connectivity index (χ4v) is 5.53. The second-order valence-corrected chi connectivity index (χ2v) is 8.82. The number of nitriles is 1. The molecule has 29 heavy (non-hydrogen) atoms. The lowest BCUT2D eigenvalue weighted by molar-refractivity contribution is 0.589. The van der Waals surface area contributed by atoms with E-state index in [2.05, 4.69) is 43.7 Å². The molecule has 0 radical (unpaired) electrons. The maximum Gasteiger partial charge on any atom is 0.132 e. The summed E-state index contributed by atoms with van der Waals surface area (Å²) in [5.41, 5.74) is 2.39. The maximum atomic E-state index is 9.62. The van der Waals surface area contributed by atoms with E-state index in [0.717, 1.165) is 53.1 Å². The zero-order chi connectivity index (χ0) is 19.6. The van der Waals surface area contributed by atoms with Gasteiger partial charge in [-0.2, -0.15) is 5.26 Å². The Morgan fingerprint density at radius 3 is 2.62 bits per heavy atom. The van der Waals surface area contributed by atoms with Crippen LogP contribution in [-0.2, 0) is 0 Å². The first-order valence-electron chi connectivity index (χ1n) is 10.3. The highest BCUT2D eigenvalue weighted by Gasteiger charge is 2.24. The van der Waals surface area contributed by atoms with Crippen molar-refractivity contribution in [3.05, 3.63) is 41.0 Å². The van der Waals surface area contributed by atoms with Gasteiger partial charge in [0.15, 0.2) is 0 Å². The summed E-state index contributed by atoms with van der Waals surface area (Å²) in [5, 5.41) is 17.5. The Labute approximate surface area is 174 Å². The van der Waals surface area contributed by atoms with Crippen molar-refractivity contribution in [3.8, 4) is 6.07 Å². The molecule has 1 saturated carbocycles. The number of hydrogen-bond donors (Lipinski definition) is 2. The number of nitrogens with one attached hydrogen (secondary N) is 2. The lowest BCUT2D eigenvalue weighted by atomic mass is 9.95. The van der Waals surface area contributed by atoms with Gasteiger partial charge in [-0.15, -0.1) is 11.3 Å². The lowest BCUT2D eigenvalue weighted by Gasteiger charge is -2.29. The number of nitrogens with zero attached hydrogens (tertiary/aromatic N) is 4. The van der Waals surface area contributed by atoms with Crippen LogP contribution in [-0.4, -0.2) is 36.1 Å². The van der Waals surface area contributed by atoms with Gasteiger partial charge in [-0.25, -0.2) is 9.97 Å². The topological polar surface area (TPSA) is 76.9 Å². The van der Waals surface area contributed by atoms with Crippen molar-refractivity contribution < 1.29 is 0 Å². The summed E-state index contributed by atoms with van der Waals surface area (Å²) in [6, 6.07) is 8.63. The van der Waals surface area contributed by atoms with Crippen molar-refractivity contribution in [2.45, 2.75) is 31.6 Å². The lowest BCUT2D eigenvalue weighted by Crippen LogP contribution is -2.43. The number of aromatic nitrogens is 2. The Bertz CT molecular complexity index is 1040. The molecule has 3 aromatic heterocycles. The van der Waals surface area contributed by atoms with Gasteiger partial charge < -0.3 is 15.5 Å². The Hall–Kier alpha value is -2.69. The van der Waals surface area contributed by atoms with Crippen LogP contribution in [0.1, 0.15) is 42.0 Å². The van der Waals surface area contributed by atoms with Gasteiger partial charge in [-0.1, -0.05) is 12.8 Å². The third-order valence-electron chi connectivity index (χ3n) is 5.97. The van der Waals surface area contributed by atoms with Crippen LogP contribution in [0.3, 0.4) is 0 Å². The van der Waals surface area contributed by atoms with E-state index in [0.29, 0.717) is 5.92 Å². The molecule has 3 aromatic rings. The number of hydrogen-bond acceptors (Lipinski definition) is 7. The van der Waals surface area contributed by atoms with Crippen LogP contribution in [0, 0.1) is 11.3 Å². The minimum atomic E-state index is 0.505. The van der Waals surface area contributed by atoms with E-state index in [1.54, 1.807) is 11.3 Å². The molecule has 2 fully saturated rings. The molecular weight excluding hydrogens is 380 g/mol.